The van der Waals surface area contributed by atoms with Crippen LogP contribution in [0.15, 0.2) is 71.6 Å². The summed E-state index contributed by atoms with van der Waals surface area (Å²) in [4.78, 5) is 12.3. The molecule has 1 aliphatic rings. The smallest absolute Gasteiger partial charge is 0.264 e. The number of carbonyl (C=O) groups is 1. The summed E-state index contributed by atoms with van der Waals surface area (Å²) in [5.41, 5.74) is 3.54. The van der Waals surface area contributed by atoms with Gasteiger partial charge in [0.15, 0.2) is 6.61 Å². The molecular formula is C25H25ClN2O4S. The number of halogens is 1. The molecule has 6 nitrogen and oxygen atoms in total. The summed E-state index contributed by atoms with van der Waals surface area (Å²) >= 11 is 6.29. The van der Waals surface area contributed by atoms with E-state index in [2.05, 4.69) is 19.2 Å². The Balaban J connectivity index is 1.41. The van der Waals surface area contributed by atoms with Gasteiger partial charge in [0.05, 0.1) is 15.6 Å². The number of nitrogens with one attached hydrogen (secondary N) is 1. The predicted octanol–water partition coefficient (Wildman–Crippen LogP) is 5.23. The van der Waals surface area contributed by atoms with Crippen LogP contribution in [0.3, 0.4) is 0 Å². The molecule has 0 saturated carbocycles. The first-order chi connectivity index (χ1) is 15.8. The summed E-state index contributed by atoms with van der Waals surface area (Å²) in [5, 5.41) is 2.89. The molecule has 1 heterocycles. The van der Waals surface area contributed by atoms with Gasteiger partial charge in [0, 0.05) is 12.2 Å². The summed E-state index contributed by atoms with van der Waals surface area (Å²) in [6.45, 7) is 4.34. The molecule has 0 aliphatic carbocycles. The molecule has 3 aromatic rings. The molecule has 0 aromatic heterocycles. The van der Waals surface area contributed by atoms with Crippen LogP contribution in [0.25, 0.3) is 0 Å². The van der Waals surface area contributed by atoms with Crippen LogP contribution >= 0.6 is 11.6 Å². The summed E-state index contributed by atoms with van der Waals surface area (Å²) in [7, 11) is -3.76. The molecule has 172 valence electrons. The number of sulfonamides is 1. The van der Waals surface area contributed by atoms with Gasteiger partial charge in [-0.25, -0.2) is 8.42 Å². The van der Waals surface area contributed by atoms with Gasteiger partial charge in [-0.05, 0) is 59.9 Å². The summed E-state index contributed by atoms with van der Waals surface area (Å²) in [5.74, 6) is 0.309. The van der Waals surface area contributed by atoms with Crippen LogP contribution in [0.5, 0.6) is 5.75 Å². The van der Waals surface area contributed by atoms with Gasteiger partial charge in [-0.1, -0.05) is 55.8 Å². The van der Waals surface area contributed by atoms with Crippen molar-refractivity contribution in [1.82, 2.24) is 0 Å². The highest BCUT2D eigenvalue weighted by Gasteiger charge is 2.31. The molecule has 8 heteroatoms. The first kappa shape index (κ1) is 23.1. The van der Waals surface area contributed by atoms with Gasteiger partial charge in [-0.2, -0.15) is 0 Å². The van der Waals surface area contributed by atoms with Gasteiger partial charge in [0.2, 0.25) is 0 Å². The highest BCUT2D eigenvalue weighted by Crippen LogP contribution is 2.35. The Hall–Kier alpha value is -3.03. The van der Waals surface area contributed by atoms with Crippen molar-refractivity contribution in [3.05, 3.63) is 82.9 Å². The van der Waals surface area contributed by atoms with Crippen LogP contribution in [0.4, 0.5) is 11.4 Å². The first-order valence-electron chi connectivity index (χ1n) is 10.7. The maximum Gasteiger partial charge on any atom is 0.264 e. The average molecular weight is 485 g/mol. The second kappa shape index (κ2) is 9.45. The van der Waals surface area contributed by atoms with E-state index in [-0.39, 0.29) is 28.2 Å². The SMILES string of the molecule is CC(C)c1ccc(NC(=O)COc2ccc(S(=O)(=O)N3CCc4ccccc43)cc2Cl)cc1. The molecule has 4 rings (SSSR count). The number of nitrogens with zero attached hydrogens (tertiary/aromatic N) is 1. The van der Waals surface area contributed by atoms with Crippen LogP contribution in [0.2, 0.25) is 5.02 Å². The van der Waals surface area contributed by atoms with E-state index in [9.17, 15) is 13.2 Å². The number of benzene rings is 3. The van der Waals surface area contributed by atoms with Gasteiger partial charge < -0.3 is 10.1 Å². The number of hydrogen-bond donors (Lipinski definition) is 1. The molecular weight excluding hydrogens is 460 g/mol. The Kier molecular flexibility index (Phi) is 6.63. The van der Waals surface area contributed by atoms with Gasteiger partial charge >= 0.3 is 0 Å². The second-order valence-corrected chi connectivity index (χ2v) is 10.4. The van der Waals surface area contributed by atoms with Crippen LogP contribution in [-0.4, -0.2) is 27.5 Å². The number of ether oxygens (including phenoxy) is 1. The largest absolute Gasteiger partial charge is 0.482 e. The highest BCUT2D eigenvalue weighted by atomic mass is 35.5. The number of carbonyl (C=O) groups excluding carboxylic acids is 1. The molecule has 0 atom stereocenters. The summed E-state index contributed by atoms with van der Waals surface area (Å²) in [6.07, 6.45) is 0.666. The zero-order chi connectivity index (χ0) is 23.6. The third-order valence-corrected chi connectivity index (χ3v) is 7.66. The molecule has 3 aromatic carbocycles. The Bertz CT molecular complexity index is 1270. The van der Waals surface area contributed by atoms with Crippen molar-refractivity contribution in [2.45, 2.75) is 31.1 Å². The van der Waals surface area contributed by atoms with Gasteiger partial charge in [-0.3, -0.25) is 9.10 Å². The Morgan fingerprint density at radius 3 is 2.52 bits per heavy atom. The fourth-order valence-electron chi connectivity index (χ4n) is 3.74. The van der Waals surface area contributed by atoms with E-state index in [1.807, 2.05) is 42.5 Å². The van der Waals surface area contributed by atoms with Crippen molar-refractivity contribution in [3.63, 3.8) is 0 Å². The van der Waals surface area contributed by atoms with Crippen LogP contribution in [-0.2, 0) is 21.2 Å². The fourth-order valence-corrected chi connectivity index (χ4v) is 5.57. The standard InChI is InChI=1S/C25H25ClN2O4S/c1-17(2)18-7-9-20(10-8-18)27-25(29)16-32-24-12-11-21(15-22(24)26)33(30,31)28-14-13-19-5-3-4-6-23(19)28/h3-12,15,17H,13-14,16H2,1-2H3,(H,27,29). The first-order valence-corrected chi connectivity index (χ1v) is 12.5. The lowest BCUT2D eigenvalue weighted by atomic mass is 10.0. The number of para-hydroxylation sites is 1. The molecule has 0 unspecified atom stereocenters. The van der Waals surface area contributed by atoms with Crippen molar-refractivity contribution in [2.75, 3.05) is 22.8 Å². The molecule has 1 aliphatic heterocycles. The van der Waals surface area contributed by atoms with E-state index in [1.165, 1.54) is 28.1 Å². The Labute approximate surface area is 199 Å². The lowest BCUT2D eigenvalue weighted by Gasteiger charge is -2.20. The van der Waals surface area contributed by atoms with E-state index < -0.39 is 10.0 Å². The van der Waals surface area contributed by atoms with E-state index in [0.29, 0.717) is 30.3 Å². The maximum atomic E-state index is 13.2. The number of hydrogen-bond acceptors (Lipinski definition) is 4. The average Bonchev–Trinajstić information content (AvgIpc) is 3.23. The zero-order valence-electron chi connectivity index (χ0n) is 18.4. The van der Waals surface area contributed by atoms with E-state index in [1.54, 1.807) is 6.07 Å². The van der Waals surface area contributed by atoms with Crippen molar-refractivity contribution >= 4 is 38.9 Å². The molecule has 0 radical (unpaired) electrons. The predicted molar refractivity (Wildman–Crippen MR) is 131 cm³/mol. The van der Waals surface area contributed by atoms with Crippen molar-refractivity contribution < 1.29 is 17.9 Å². The Morgan fingerprint density at radius 1 is 1.09 bits per heavy atom. The monoisotopic (exact) mass is 484 g/mol. The third-order valence-electron chi connectivity index (χ3n) is 5.56. The van der Waals surface area contributed by atoms with E-state index in [4.69, 9.17) is 16.3 Å². The fraction of sp³-hybridized carbons (Fsp3) is 0.240. The van der Waals surface area contributed by atoms with Crippen molar-refractivity contribution in [3.8, 4) is 5.75 Å². The minimum atomic E-state index is -3.76. The molecule has 1 amide bonds. The van der Waals surface area contributed by atoms with E-state index >= 15 is 0 Å². The normalized spacial score (nSPS) is 13.2. The zero-order valence-corrected chi connectivity index (χ0v) is 20.0. The molecule has 33 heavy (non-hydrogen) atoms. The van der Waals surface area contributed by atoms with Gasteiger partial charge in [0.25, 0.3) is 15.9 Å². The quantitative estimate of drug-likeness (QED) is 0.498. The lowest BCUT2D eigenvalue weighted by molar-refractivity contribution is -0.118. The highest BCUT2D eigenvalue weighted by molar-refractivity contribution is 7.92. The van der Waals surface area contributed by atoms with Crippen LogP contribution in [0, 0.1) is 0 Å². The second-order valence-electron chi connectivity index (χ2n) is 8.16. The summed E-state index contributed by atoms with van der Waals surface area (Å²) < 4.78 is 33.2. The third kappa shape index (κ3) is 4.99. The van der Waals surface area contributed by atoms with Crippen molar-refractivity contribution in [2.24, 2.45) is 0 Å². The number of anilines is 2. The minimum absolute atomic E-state index is 0.0752. The van der Waals surface area contributed by atoms with Crippen molar-refractivity contribution in [1.29, 1.82) is 0 Å². The topological polar surface area (TPSA) is 75.7 Å². The van der Waals surface area contributed by atoms with Gasteiger partial charge in [-0.15, -0.1) is 0 Å². The number of fused-ring (bicyclic) bond motifs is 1. The molecule has 0 bridgehead atoms. The van der Waals surface area contributed by atoms with Crippen LogP contribution < -0.4 is 14.4 Å². The van der Waals surface area contributed by atoms with E-state index in [0.717, 1.165) is 5.56 Å². The molecule has 0 fully saturated rings. The number of amides is 1. The Morgan fingerprint density at radius 2 is 1.82 bits per heavy atom. The molecule has 0 spiro atoms. The van der Waals surface area contributed by atoms with Crippen LogP contribution in [0.1, 0.15) is 30.9 Å². The minimum Gasteiger partial charge on any atom is -0.482 e. The molecule has 1 N–H and O–H groups in total. The van der Waals surface area contributed by atoms with Gasteiger partial charge in [0.1, 0.15) is 5.75 Å². The summed E-state index contributed by atoms with van der Waals surface area (Å²) in [6, 6.07) is 19.3. The molecule has 0 saturated heterocycles. The lowest BCUT2D eigenvalue weighted by Crippen LogP contribution is -2.29. The number of rotatable bonds is 7. The maximum absolute atomic E-state index is 13.2.